The Morgan fingerprint density at radius 2 is 2.21 bits per heavy atom. The number of carbonyl (C=O) groups is 1. The topological polar surface area (TPSA) is 67.4 Å². The van der Waals surface area contributed by atoms with Crippen molar-refractivity contribution in [2.45, 2.75) is 12.8 Å². The van der Waals surface area contributed by atoms with Crippen LogP contribution in [0.25, 0.3) is 0 Å². The summed E-state index contributed by atoms with van der Waals surface area (Å²) in [7, 11) is 1.83. The molecular formula is C13H23N5O. The van der Waals surface area contributed by atoms with Gasteiger partial charge in [-0.2, -0.15) is 5.10 Å². The summed E-state index contributed by atoms with van der Waals surface area (Å²) in [6.45, 7) is 5.37. The minimum absolute atomic E-state index is 0.0915. The van der Waals surface area contributed by atoms with Crippen LogP contribution in [0.4, 0.5) is 0 Å². The molecule has 0 saturated carbocycles. The van der Waals surface area contributed by atoms with Gasteiger partial charge in [0.15, 0.2) is 0 Å². The maximum Gasteiger partial charge on any atom is 0.257 e. The van der Waals surface area contributed by atoms with Gasteiger partial charge in [0.25, 0.3) is 5.91 Å². The first-order valence-electron chi connectivity index (χ1n) is 6.91. The van der Waals surface area contributed by atoms with E-state index < -0.39 is 0 Å². The highest BCUT2D eigenvalue weighted by Crippen LogP contribution is 2.08. The van der Waals surface area contributed by atoms with Gasteiger partial charge in [0.1, 0.15) is 0 Å². The third-order valence-electron chi connectivity index (χ3n) is 3.51. The van der Waals surface area contributed by atoms with E-state index in [1.807, 2.05) is 11.9 Å². The molecule has 1 fully saturated rings. The Balaban J connectivity index is 1.90. The molecule has 0 aromatic carbocycles. The summed E-state index contributed by atoms with van der Waals surface area (Å²) >= 11 is 0. The van der Waals surface area contributed by atoms with E-state index in [0.717, 1.165) is 52.1 Å². The molecule has 1 aromatic rings. The van der Waals surface area contributed by atoms with E-state index >= 15 is 0 Å². The fourth-order valence-electron chi connectivity index (χ4n) is 2.43. The highest BCUT2D eigenvalue weighted by atomic mass is 16.2. The minimum atomic E-state index is 0.0915. The molecule has 0 aliphatic carbocycles. The normalized spacial score (nSPS) is 17.5. The van der Waals surface area contributed by atoms with Crippen LogP contribution in [0, 0.1) is 0 Å². The molecule has 106 valence electrons. The van der Waals surface area contributed by atoms with Crippen molar-refractivity contribution >= 4 is 5.91 Å². The third kappa shape index (κ3) is 3.78. The highest BCUT2D eigenvalue weighted by molar-refractivity contribution is 5.93. The molecule has 2 N–H and O–H groups in total. The number of aromatic nitrogens is 2. The Kier molecular flexibility index (Phi) is 4.93. The zero-order valence-electron chi connectivity index (χ0n) is 11.6. The summed E-state index contributed by atoms with van der Waals surface area (Å²) in [4.78, 5) is 16.6. The molecule has 0 radical (unpaired) electrons. The van der Waals surface area contributed by atoms with E-state index in [9.17, 15) is 4.79 Å². The summed E-state index contributed by atoms with van der Waals surface area (Å²) < 4.78 is 1.67. The monoisotopic (exact) mass is 265 g/mol. The smallest absolute Gasteiger partial charge is 0.257 e. The van der Waals surface area contributed by atoms with Crippen molar-refractivity contribution in [3.05, 3.63) is 18.0 Å². The SMILES string of the molecule is Cn1cc(C(=O)N2CCCN(CCCN)CC2)cn1. The molecule has 2 heterocycles. The first-order chi connectivity index (χ1) is 9.20. The van der Waals surface area contributed by atoms with Gasteiger partial charge in [-0.3, -0.25) is 9.48 Å². The number of nitrogens with zero attached hydrogens (tertiary/aromatic N) is 4. The van der Waals surface area contributed by atoms with Gasteiger partial charge in [-0.25, -0.2) is 0 Å². The van der Waals surface area contributed by atoms with E-state index in [-0.39, 0.29) is 5.91 Å². The van der Waals surface area contributed by atoms with Crippen molar-refractivity contribution in [2.24, 2.45) is 12.8 Å². The van der Waals surface area contributed by atoms with Crippen LogP contribution in [-0.4, -0.2) is 64.8 Å². The zero-order chi connectivity index (χ0) is 13.7. The van der Waals surface area contributed by atoms with Crippen LogP contribution in [-0.2, 0) is 7.05 Å². The first kappa shape index (κ1) is 14.0. The molecule has 1 amide bonds. The van der Waals surface area contributed by atoms with Crippen LogP contribution in [0.5, 0.6) is 0 Å². The molecule has 1 saturated heterocycles. The maximum absolute atomic E-state index is 12.3. The average molecular weight is 265 g/mol. The summed E-state index contributed by atoms with van der Waals surface area (Å²) in [6.07, 6.45) is 5.46. The molecule has 6 heteroatoms. The van der Waals surface area contributed by atoms with Gasteiger partial charge in [-0.05, 0) is 32.5 Å². The lowest BCUT2D eigenvalue weighted by Crippen LogP contribution is -2.35. The summed E-state index contributed by atoms with van der Waals surface area (Å²) in [5.74, 6) is 0.0915. The van der Waals surface area contributed by atoms with Crippen molar-refractivity contribution in [2.75, 3.05) is 39.3 Å². The van der Waals surface area contributed by atoms with E-state index in [0.29, 0.717) is 5.56 Å². The van der Waals surface area contributed by atoms with Crippen LogP contribution in [0.3, 0.4) is 0 Å². The van der Waals surface area contributed by atoms with Crippen LogP contribution >= 0.6 is 0 Å². The van der Waals surface area contributed by atoms with Crippen molar-refractivity contribution in [1.29, 1.82) is 0 Å². The molecule has 1 aromatic heterocycles. The highest BCUT2D eigenvalue weighted by Gasteiger charge is 2.20. The second-order valence-corrected chi connectivity index (χ2v) is 5.03. The molecule has 0 spiro atoms. The summed E-state index contributed by atoms with van der Waals surface area (Å²) in [5.41, 5.74) is 6.22. The lowest BCUT2D eigenvalue weighted by atomic mass is 10.3. The van der Waals surface area contributed by atoms with Crippen molar-refractivity contribution in [3.8, 4) is 0 Å². The second-order valence-electron chi connectivity index (χ2n) is 5.03. The Hall–Kier alpha value is -1.40. The Labute approximate surface area is 114 Å². The van der Waals surface area contributed by atoms with Gasteiger partial charge in [-0.1, -0.05) is 0 Å². The first-order valence-corrected chi connectivity index (χ1v) is 6.91. The Bertz CT molecular complexity index is 417. The predicted octanol–water partition coefficient (Wildman–Crippen LogP) is -0.0832. The zero-order valence-corrected chi connectivity index (χ0v) is 11.6. The quantitative estimate of drug-likeness (QED) is 0.826. The lowest BCUT2D eigenvalue weighted by Gasteiger charge is -2.21. The third-order valence-corrected chi connectivity index (χ3v) is 3.51. The minimum Gasteiger partial charge on any atom is -0.337 e. The van der Waals surface area contributed by atoms with Gasteiger partial charge in [0, 0.05) is 32.9 Å². The molecule has 1 aliphatic rings. The van der Waals surface area contributed by atoms with Crippen LogP contribution in [0.1, 0.15) is 23.2 Å². The second kappa shape index (κ2) is 6.68. The fourth-order valence-corrected chi connectivity index (χ4v) is 2.43. The number of carbonyl (C=O) groups excluding carboxylic acids is 1. The van der Waals surface area contributed by atoms with E-state index in [4.69, 9.17) is 5.73 Å². The van der Waals surface area contributed by atoms with Crippen molar-refractivity contribution in [1.82, 2.24) is 19.6 Å². The average Bonchev–Trinajstić information content (AvgIpc) is 2.71. The Morgan fingerprint density at radius 1 is 1.37 bits per heavy atom. The summed E-state index contributed by atoms with van der Waals surface area (Å²) in [5, 5.41) is 4.06. The standard InChI is InChI=1S/C13H23N5O/c1-16-11-12(10-15-16)13(19)18-7-3-6-17(8-9-18)5-2-4-14/h10-11H,2-9,14H2,1H3. The lowest BCUT2D eigenvalue weighted by molar-refractivity contribution is 0.0761. The van der Waals surface area contributed by atoms with Gasteiger partial charge < -0.3 is 15.5 Å². The summed E-state index contributed by atoms with van der Waals surface area (Å²) in [6, 6.07) is 0. The molecule has 1 aliphatic heterocycles. The van der Waals surface area contributed by atoms with Gasteiger partial charge in [0.05, 0.1) is 11.8 Å². The molecule has 0 unspecified atom stereocenters. The fraction of sp³-hybridized carbons (Fsp3) is 0.692. The number of hydrogen-bond donors (Lipinski definition) is 1. The molecule has 0 bridgehead atoms. The number of nitrogens with two attached hydrogens (primary N) is 1. The van der Waals surface area contributed by atoms with Crippen LogP contribution in [0.15, 0.2) is 12.4 Å². The number of amides is 1. The Morgan fingerprint density at radius 3 is 2.89 bits per heavy atom. The maximum atomic E-state index is 12.3. The number of aryl methyl sites for hydroxylation is 1. The van der Waals surface area contributed by atoms with Crippen molar-refractivity contribution in [3.63, 3.8) is 0 Å². The van der Waals surface area contributed by atoms with Crippen LogP contribution < -0.4 is 5.73 Å². The van der Waals surface area contributed by atoms with E-state index in [1.165, 1.54) is 0 Å². The molecule has 0 atom stereocenters. The van der Waals surface area contributed by atoms with Gasteiger partial charge in [-0.15, -0.1) is 0 Å². The molecule has 2 rings (SSSR count). The predicted molar refractivity (Wildman–Crippen MR) is 73.8 cm³/mol. The molecule has 6 nitrogen and oxygen atoms in total. The largest absolute Gasteiger partial charge is 0.337 e. The number of hydrogen-bond acceptors (Lipinski definition) is 4. The van der Waals surface area contributed by atoms with E-state index in [1.54, 1.807) is 17.1 Å². The van der Waals surface area contributed by atoms with Crippen molar-refractivity contribution < 1.29 is 4.79 Å². The van der Waals surface area contributed by atoms with Gasteiger partial charge >= 0.3 is 0 Å². The number of rotatable bonds is 4. The van der Waals surface area contributed by atoms with E-state index in [2.05, 4.69) is 10.00 Å². The molecule has 19 heavy (non-hydrogen) atoms. The van der Waals surface area contributed by atoms with Gasteiger partial charge in [0.2, 0.25) is 0 Å². The molecular weight excluding hydrogens is 242 g/mol. The van der Waals surface area contributed by atoms with Crippen LogP contribution in [0.2, 0.25) is 0 Å².